The van der Waals surface area contributed by atoms with E-state index in [9.17, 15) is 13.2 Å². The van der Waals surface area contributed by atoms with E-state index in [1.165, 1.54) is 0 Å². The molecule has 0 bridgehead atoms. The zero-order valence-electron chi connectivity index (χ0n) is 20.8. The summed E-state index contributed by atoms with van der Waals surface area (Å²) < 4.78 is 28.4. The SMILES string of the molecule is CC1CCN(S(=O)(=O)c2ccc3nc(-c4ccncc4)cc(C(=O)NCCc4ccccc4)c3c2)CC1. The number of aromatic nitrogens is 2. The maximum Gasteiger partial charge on any atom is 0.252 e. The van der Waals surface area contributed by atoms with E-state index in [0.717, 1.165) is 24.0 Å². The number of rotatable bonds is 7. The highest BCUT2D eigenvalue weighted by Crippen LogP contribution is 2.29. The van der Waals surface area contributed by atoms with Crippen LogP contribution in [-0.2, 0) is 16.4 Å². The van der Waals surface area contributed by atoms with Gasteiger partial charge in [0.2, 0.25) is 10.0 Å². The van der Waals surface area contributed by atoms with Gasteiger partial charge in [-0.3, -0.25) is 9.78 Å². The molecule has 1 aliphatic heterocycles. The summed E-state index contributed by atoms with van der Waals surface area (Å²) >= 11 is 0. The second kappa shape index (κ2) is 10.8. The van der Waals surface area contributed by atoms with E-state index in [1.54, 1.807) is 41.0 Å². The quantitative estimate of drug-likeness (QED) is 0.386. The van der Waals surface area contributed by atoms with Gasteiger partial charge in [0.15, 0.2) is 0 Å². The summed E-state index contributed by atoms with van der Waals surface area (Å²) in [7, 11) is -3.67. The van der Waals surface area contributed by atoms with Gasteiger partial charge in [-0.15, -0.1) is 0 Å². The van der Waals surface area contributed by atoms with Crippen LogP contribution in [0.2, 0.25) is 0 Å². The zero-order chi connectivity index (χ0) is 25.8. The van der Waals surface area contributed by atoms with Crippen LogP contribution in [0.4, 0.5) is 0 Å². The first kappa shape index (κ1) is 25.0. The van der Waals surface area contributed by atoms with Crippen molar-refractivity contribution in [1.29, 1.82) is 0 Å². The predicted molar refractivity (Wildman–Crippen MR) is 145 cm³/mol. The van der Waals surface area contributed by atoms with Crippen LogP contribution in [0, 0.1) is 5.92 Å². The fourth-order valence-corrected chi connectivity index (χ4v) is 6.15. The lowest BCUT2D eigenvalue weighted by atomic mass is 10.0. The molecule has 1 N–H and O–H groups in total. The number of nitrogens with one attached hydrogen (secondary N) is 1. The van der Waals surface area contributed by atoms with Crippen LogP contribution in [-0.4, -0.2) is 48.2 Å². The number of amides is 1. The van der Waals surface area contributed by atoms with Crippen LogP contribution in [0.3, 0.4) is 0 Å². The zero-order valence-corrected chi connectivity index (χ0v) is 21.6. The first-order chi connectivity index (χ1) is 17.9. The number of pyridine rings is 2. The van der Waals surface area contributed by atoms with Crippen LogP contribution in [0.1, 0.15) is 35.7 Å². The molecule has 1 saturated heterocycles. The lowest BCUT2D eigenvalue weighted by Crippen LogP contribution is -2.37. The van der Waals surface area contributed by atoms with Crippen molar-refractivity contribution in [1.82, 2.24) is 19.6 Å². The molecule has 0 atom stereocenters. The number of fused-ring (bicyclic) bond motifs is 1. The molecule has 0 saturated carbocycles. The van der Waals surface area contributed by atoms with Gasteiger partial charge in [-0.05, 0) is 67.1 Å². The van der Waals surface area contributed by atoms with Crippen LogP contribution >= 0.6 is 0 Å². The highest BCUT2D eigenvalue weighted by atomic mass is 32.2. The lowest BCUT2D eigenvalue weighted by Gasteiger charge is -2.29. The summed E-state index contributed by atoms with van der Waals surface area (Å²) in [5, 5.41) is 3.52. The van der Waals surface area contributed by atoms with Crippen LogP contribution in [0.5, 0.6) is 0 Å². The first-order valence-corrected chi connectivity index (χ1v) is 14.0. The molecule has 37 heavy (non-hydrogen) atoms. The van der Waals surface area contributed by atoms with E-state index in [4.69, 9.17) is 4.98 Å². The molecule has 0 aliphatic carbocycles. The van der Waals surface area contributed by atoms with Gasteiger partial charge < -0.3 is 5.32 Å². The highest BCUT2D eigenvalue weighted by molar-refractivity contribution is 7.89. The van der Waals surface area contributed by atoms with Gasteiger partial charge in [0.25, 0.3) is 5.91 Å². The van der Waals surface area contributed by atoms with Gasteiger partial charge in [0, 0.05) is 43.0 Å². The van der Waals surface area contributed by atoms with Crippen LogP contribution in [0.25, 0.3) is 22.2 Å². The Morgan fingerprint density at radius 1 is 1.00 bits per heavy atom. The molecule has 0 unspecified atom stereocenters. The molecule has 0 radical (unpaired) electrons. The average Bonchev–Trinajstić information content (AvgIpc) is 2.93. The third-order valence-electron chi connectivity index (χ3n) is 6.92. The molecule has 1 fully saturated rings. The van der Waals surface area contributed by atoms with Gasteiger partial charge in [-0.2, -0.15) is 4.31 Å². The summed E-state index contributed by atoms with van der Waals surface area (Å²) in [5.41, 5.74) is 3.55. The van der Waals surface area contributed by atoms with E-state index in [0.29, 0.717) is 54.1 Å². The van der Waals surface area contributed by atoms with E-state index in [-0.39, 0.29) is 10.8 Å². The summed E-state index contributed by atoms with van der Waals surface area (Å²) in [6.07, 6.45) is 5.74. The maximum absolute atomic E-state index is 13.4. The number of hydrogen-bond acceptors (Lipinski definition) is 5. The molecular weight excluding hydrogens is 484 g/mol. The predicted octanol–water partition coefficient (Wildman–Crippen LogP) is 4.69. The molecule has 7 nitrogen and oxygen atoms in total. The van der Waals surface area contributed by atoms with E-state index in [1.807, 2.05) is 42.5 Å². The van der Waals surface area contributed by atoms with Gasteiger partial charge in [0.1, 0.15) is 0 Å². The normalized spacial score (nSPS) is 15.1. The summed E-state index contributed by atoms with van der Waals surface area (Å²) in [6, 6.07) is 20.2. The van der Waals surface area contributed by atoms with Gasteiger partial charge in [-0.1, -0.05) is 37.3 Å². The molecule has 2 aromatic carbocycles. The van der Waals surface area contributed by atoms with Crippen molar-refractivity contribution in [2.45, 2.75) is 31.1 Å². The van der Waals surface area contributed by atoms with Crippen molar-refractivity contribution in [2.75, 3.05) is 19.6 Å². The first-order valence-electron chi connectivity index (χ1n) is 12.6. The summed E-state index contributed by atoms with van der Waals surface area (Å²) in [5.74, 6) is 0.255. The molecular formula is C29H30N4O3S. The van der Waals surface area contributed by atoms with Crippen molar-refractivity contribution in [2.24, 2.45) is 5.92 Å². The molecule has 5 rings (SSSR count). The topological polar surface area (TPSA) is 92.3 Å². The molecule has 3 heterocycles. The third-order valence-corrected chi connectivity index (χ3v) is 8.82. The Bertz CT molecular complexity index is 1500. The van der Waals surface area contributed by atoms with Crippen LogP contribution in [0.15, 0.2) is 84.0 Å². The Kier molecular flexibility index (Phi) is 7.30. The largest absolute Gasteiger partial charge is 0.352 e. The number of nitrogens with zero attached hydrogens (tertiary/aromatic N) is 3. The maximum atomic E-state index is 13.4. The fourth-order valence-electron chi connectivity index (χ4n) is 4.66. The number of carbonyl (C=O) groups excluding carboxylic acids is 1. The molecule has 1 aliphatic rings. The minimum absolute atomic E-state index is 0.186. The van der Waals surface area contributed by atoms with Gasteiger partial charge in [-0.25, -0.2) is 13.4 Å². The van der Waals surface area contributed by atoms with E-state index < -0.39 is 10.0 Å². The molecule has 2 aromatic heterocycles. The smallest absolute Gasteiger partial charge is 0.252 e. The van der Waals surface area contributed by atoms with Crippen molar-refractivity contribution in [3.05, 3.63) is 90.3 Å². The number of sulfonamides is 1. The number of benzene rings is 2. The van der Waals surface area contributed by atoms with Crippen LogP contribution < -0.4 is 5.32 Å². The number of carbonyl (C=O) groups is 1. The van der Waals surface area contributed by atoms with Crippen molar-refractivity contribution in [3.63, 3.8) is 0 Å². The highest BCUT2D eigenvalue weighted by Gasteiger charge is 2.28. The average molecular weight is 515 g/mol. The van der Waals surface area contributed by atoms with Crippen molar-refractivity contribution >= 4 is 26.8 Å². The number of hydrogen-bond donors (Lipinski definition) is 1. The Morgan fingerprint density at radius 2 is 1.73 bits per heavy atom. The van der Waals surface area contributed by atoms with Gasteiger partial charge >= 0.3 is 0 Å². The Balaban J connectivity index is 1.51. The van der Waals surface area contributed by atoms with Crippen molar-refractivity contribution in [3.8, 4) is 11.3 Å². The van der Waals surface area contributed by atoms with Gasteiger partial charge in [0.05, 0.1) is 21.7 Å². The standard InChI is InChI=1S/C29H30N4O3S/c1-21-12-17-33(18-13-21)37(35,36)24-7-8-27-25(19-24)26(20-28(32-27)23-10-14-30-15-11-23)29(34)31-16-9-22-5-3-2-4-6-22/h2-8,10-11,14-15,19-21H,9,12-13,16-18H2,1H3,(H,31,34). The van der Waals surface area contributed by atoms with E-state index in [2.05, 4.69) is 17.2 Å². The van der Waals surface area contributed by atoms with Crippen molar-refractivity contribution < 1.29 is 13.2 Å². The lowest BCUT2D eigenvalue weighted by molar-refractivity contribution is 0.0955. The summed E-state index contributed by atoms with van der Waals surface area (Å²) in [6.45, 7) is 3.62. The fraction of sp³-hybridized carbons (Fsp3) is 0.276. The Hall–Kier alpha value is -3.62. The Morgan fingerprint density at radius 3 is 2.46 bits per heavy atom. The Labute approximate surface area is 217 Å². The van der Waals surface area contributed by atoms with E-state index >= 15 is 0 Å². The molecule has 0 spiro atoms. The third kappa shape index (κ3) is 5.55. The number of piperidine rings is 1. The second-order valence-electron chi connectivity index (χ2n) is 9.55. The molecule has 8 heteroatoms. The minimum Gasteiger partial charge on any atom is -0.352 e. The molecule has 190 valence electrons. The molecule has 1 amide bonds. The second-order valence-corrected chi connectivity index (χ2v) is 11.5. The monoisotopic (exact) mass is 514 g/mol. The minimum atomic E-state index is -3.67. The summed E-state index contributed by atoms with van der Waals surface area (Å²) in [4.78, 5) is 22.4. The molecule has 4 aromatic rings.